The van der Waals surface area contributed by atoms with E-state index in [1.54, 1.807) is 12.1 Å². The highest BCUT2D eigenvalue weighted by Gasteiger charge is 2.45. The van der Waals surface area contributed by atoms with Crippen LogP contribution in [0.3, 0.4) is 0 Å². The van der Waals surface area contributed by atoms with Gasteiger partial charge in [0.1, 0.15) is 5.75 Å². The van der Waals surface area contributed by atoms with Crippen LogP contribution in [0.25, 0.3) is 0 Å². The molecule has 1 saturated carbocycles. The van der Waals surface area contributed by atoms with Crippen molar-refractivity contribution in [1.29, 1.82) is 0 Å². The molecule has 0 amide bonds. The zero-order valence-corrected chi connectivity index (χ0v) is 11.2. The van der Waals surface area contributed by atoms with Gasteiger partial charge in [-0.1, -0.05) is 28.8 Å². The summed E-state index contributed by atoms with van der Waals surface area (Å²) in [6.45, 7) is 1.85. The first-order valence-corrected chi connectivity index (χ1v) is 6.50. The van der Waals surface area contributed by atoms with Crippen molar-refractivity contribution in [3.05, 3.63) is 27.7 Å². The van der Waals surface area contributed by atoms with Crippen LogP contribution in [0.2, 0.25) is 0 Å². The number of hydrogen-bond acceptors (Lipinski definition) is 2. The van der Waals surface area contributed by atoms with E-state index in [2.05, 4.69) is 15.9 Å². The number of carbonyl (C=O) groups is 1. The van der Waals surface area contributed by atoms with Crippen LogP contribution in [0.4, 0.5) is 0 Å². The lowest BCUT2D eigenvalue weighted by molar-refractivity contribution is -0.143. The number of benzene rings is 1. The van der Waals surface area contributed by atoms with E-state index < -0.39 is 11.4 Å². The lowest BCUT2D eigenvalue weighted by Gasteiger charge is -2.27. The molecule has 4 heteroatoms. The van der Waals surface area contributed by atoms with E-state index in [0.29, 0.717) is 18.4 Å². The molecule has 2 N–H and O–H groups in total. The predicted octanol–water partition coefficient (Wildman–Crippen LogP) is 3.36. The van der Waals surface area contributed by atoms with Gasteiger partial charge in [-0.2, -0.15) is 0 Å². The molecule has 0 aliphatic heterocycles. The van der Waals surface area contributed by atoms with Crippen molar-refractivity contribution in [3.8, 4) is 5.75 Å². The molecule has 0 bridgehead atoms. The smallest absolute Gasteiger partial charge is 0.314 e. The predicted molar refractivity (Wildman–Crippen MR) is 68.3 cm³/mol. The van der Waals surface area contributed by atoms with Gasteiger partial charge in [0.05, 0.1) is 5.41 Å². The quantitative estimate of drug-likeness (QED) is 0.880. The summed E-state index contributed by atoms with van der Waals surface area (Å²) in [4.78, 5) is 11.6. The number of phenols is 1. The summed E-state index contributed by atoms with van der Waals surface area (Å²) in [6, 6.07) is 3.31. The normalized spacial score (nSPS) is 18.2. The van der Waals surface area contributed by atoms with Crippen molar-refractivity contribution in [3.63, 3.8) is 0 Å². The Kier molecular flexibility index (Phi) is 3.17. The van der Waals surface area contributed by atoms with Gasteiger partial charge in [0.2, 0.25) is 0 Å². The largest absolute Gasteiger partial charge is 0.508 e. The van der Waals surface area contributed by atoms with E-state index in [0.717, 1.165) is 22.9 Å². The van der Waals surface area contributed by atoms with Crippen molar-refractivity contribution in [2.45, 2.75) is 38.0 Å². The minimum atomic E-state index is -0.905. The molecule has 0 heterocycles. The Morgan fingerprint density at radius 2 is 1.94 bits per heavy atom. The number of rotatable bonds is 2. The van der Waals surface area contributed by atoms with Crippen LogP contribution in [0.1, 0.15) is 36.8 Å². The molecule has 0 spiro atoms. The Balaban J connectivity index is 2.66. The highest BCUT2D eigenvalue weighted by Crippen LogP contribution is 2.47. The van der Waals surface area contributed by atoms with Gasteiger partial charge in [0.15, 0.2) is 0 Å². The number of halogens is 1. The third-order valence-corrected chi connectivity index (χ3v) is 4.58. The molecule has 17 heavy (non-hydrogen) atoms. The number of aromatic hydroxyl groups is 1. The highest BCUT2D eigenvalue weighted by atomic mass is 79.9. The second-order valence-corrected chi connectivity index (χ2v) is 5.52. The lowest BCUT2D eigenvalue weighted by Crippen LogP contribution is -2.33. The third-order valence-electron chi connectivity index (χ3n) is 3.72. The zero-order valence-electron chi connectivity index (χ0n) is 9.66. The molecule has 1 aliphatic rings. The van der Waals surface area contributed by atoms with Crippen LogP contribution in [-0.4, -0.2) is 16.2 Å². The summed E-state index contributed by atoms with van der Waals surface area (Å²) in [7, 11) is 0. The molecule has 0 aromatic heterocycles. The van der Waals surface area contributed by atoms with Crippen LogP contribution in [0.5, 0.6) is 5.75 Å². The van der Waals surface area contributed by atoms with E-state index in [9.17, 15) is 15.0 Å². The molecular weight excluding hydrogens is 284 g/mol. The molecule has 0 unspecified atom stereocenters. The van der Waals surface area contributed by atoms with Gasteiger partial charge in [-0.05, 0) is 37.5 Å². The van der Waals surface area contributed by atoms with Gasteiger partial charge >= 0.3 is 5.97 Å². The average molecular weight is 299 g/mol. The van der Waals surface area contributed by atoms with E-state index in [4.69, 9.17) is 0 Å². The Hall–Kier alpha value is -1.03. The molecular formula is C13H15BrO3. The van der Waals surface area contributed by atoms with E-state index in [1.165, 1.54) is 0 Å². The molecule has 1 aliphatic carbocycles. The monoisotopic (exact) mass is 298 g/mol. The van der Waals surface area contributed by atoms with E-state index in [1.807, 2.05) is 6.92 Å². The summed E-state index contributed by atoms with van der Waals surface area (Å²) < 4.78 is 0.845. The number of aliphatic carboxylic acids is 1. The molecule has 0 atom stereocenters. The third kappa shape index (κ3) is 1.84. The van der Waals surface area contributed by atoms with Crippen LogP contribution in [0.15, 0.2) is 16.6 Å². The number of hydrogen-bond donors (Lipinski definition) is 2. The summed E-state index contributed by atoms with van der Waals surface area (Å²) in [5.41, 5.74) is 0.504. The lowest BCUT2D eigenvalue weighted by atomic mass is 9.76. The maximum absolute atomic E-state index is 11.6. The SMILES string of the molecule is Cc1c(Br)ccc(O)c1C1(C(=O)O)CCCC1. The van der Waals surface area contributed by atoms with Gasteiger partial charge in [0, 0.05) is 10.0 Å². The Labute approximate surface area is 109 Å². The topological polar surface area (TPSA) is 57.5 Å². The molecule has 3 nitrogen and oxygen atoms in total. The van der Waals surface area contributed by atoms with Crippen molar-refractivity contribution in [1.82, 2.24) is 0 Å². The van der Waals surface area contributed by atoms with Gasteiger partial charge in [-0.3, -0.25) is 4.79 Å². The summed E-state index contributed by atoms with van der Waals surface area (Å²) in [5.74, 6) is -0.735. The summed E-state index contributed by atoms with van der Waals surface area (Å²) >= 11 is 3.40. The van der Waals surface area contributed by atoms with Crippen LogP contribution < -0.4 is 0 Å². The van der Waals surface area contributed by atoms with Gasteiger partial charge in [-0.15, -0.1) is 0 Å². The maximum atomic E-state index is 11.6. The Morgan fingerprint density at radius 1 is 1.35 bits per heavy atom. The second kappa shape index (κ2) is 4.33. The summed E-state index contributed by atoms with van der Waals surface area (Å²) in [6.07, 6.45) is 3.01. The molecule has 0 saturated heterocycles. The van der Waals surface area contributed by atoms with Crippen molar-refractivity contribution < 1.29 is 15.0 Å². The summed E-state index contributed by atoms with van der Waals surface area (Å²) in [5, 5.41) is 19.5. The number of carboxylic acid groups (broad SMARTS) is 1. The minimum Gasteiger partial charge on any atom is -0.508 e. The standard InChI is InChI=1S/C13H15BrO3/c1-8-9(14)4-5-10(15)11(8)13(12(16)17)6-2-3-7-13/h4-5,15H,2-3,6-7H2,1H3,(H,16,17). The van der Waals surface area contributed by atoms with Crippen molar-refractivity contribution in [2.24, 2.45) is 0 Å². The van der Waals surface area contributed by atoms with E-state index >= 15 is 0 Å². The average Bonchev–Trinajstić information content (AvgIpc) is 2.74. The Morgan fingerprint density at radius 3 is 2.47 bits per heavy atom. The van der Waals surface area contributed by atoms with Crippen LogP contribution in [-0.2, 0) is 10.2 Å². The van der Waals surface area contributed by atoms with E-state index in [-0.39, 0.29) is 5.75 Å². The van der Waals surface area contributed by atoms with Crippen LogP contribution in [0, 0.1) is 6.92 Å². The number of carboxylic acids is 1. The second-order valence-electron chi connectivity index (χ2n) is 4.66. The minimum absolute atomic E-state index is 0.0926. The zero-order chi connectivity index (χ0) is 12.6. The molecule has 2 rings (SSSR count). The maximum Gasteiger partial charge on any atom is 0.314 e. The fraction of sp³-hybridized carbons (Fsp3) is 0.462. The highest BCUT2D eigenvalue weighted by molar-refractivity contribution is 9.10. The van der Waals surface area contributed by atoms with Crippen molar-refractivity contribution >= 4 is 21.9 Å². The first kappa shape index (κ1) is 12.4. The molecule has 1 fully saturated rings. The molecule has 1 aromatic rings. The molecule has 1 aromatic carbocycles. The molecule has 0 radical (unpaired) electrons. The number of phenolic OH excluding ortho intramolecular Hbond substituents is 1. The van der Waals surface area contributed by atoms with Gasteiger partial charge < -0.3 is 10.2 Å². The fourth-order valence-corrected chi connectivity index (χ4v) is 3.16. The molecule has 92 valence electrons. The first-order chi connectivity index (χ1) is 7.99. The van der Waals surface area contributed by atoms with Gasteiger partial charge in [0.25, 0.3) is 0 Å². The first-order valence-electron chi connectivity index (χ1n) is 5.71. The van der Waals surface area contributed by atoms with Crippen molar-refractivity contribution in [2.75, 3.05) is 0 Å². The fourth-order valence-electron chi connectivity index (χ4n) is 2.83. The van der Waals surface area contributed by atoms with Crippen LogP contribution >= 0.6 is 15.9 Å². The van der Waals surface area contributed by atoms with Gasteiger partial charge in [-0.25, -0.2) is 0 Å². The Bertz CT molecular complexity index is 462.